The minimum Gasteiger partial charge on any atom is -0.328 e. The summed E-state index contributed by atoms with van der Waals surface area (Å²) < 4.78 is 13.8. The van der Waals surface area contributed by atoms with E-state index >= 15 is 0 Å². The SMILES string of the molecule is CCC(=O)Nc1ccc(F)c(NC(=O)NC(C)c2n[nH]c(C)n2)c1. The molecule has 128 valence electrons. The number of rotatable bonds is 5. The van der Waals surface area contributed by atoms with Crippen molar-refractivity contribution >= 4 is 23.3 Å². The highest BCUT2D eigenvalue weighted by atomic mass is 19.1. The Morgan fingerprint density at radius 3 is 2.71 bits per heavy atom. The van der Waals surface area contributed by atoms with Crippen LogP contribution in [0.4, 0.5) is 20.6 Å². The fourth-order valence-corrected chi connectivity index (χ4v) is 1.92. The second-order valence-corrected chi connectivity index (χ2v) is 5.20. The van der Waals surface area contributed by atoms with E-state index in [1.807, 2.05) is 0 Å². The Kier molecular flexibility index (Phi) is 5.46. The van der Waals surface area contributed by atoms with Gasteiger partial charge < -0.3 is 16.0 Å². The van der Waals surface area contributed by atoms with Gasteiger partial charge in [0.1, 0.15) is 11.6 Å². The Balaban J connectivity index is 2.02. The molecule has 1 aromatic carbocycles. The number of aromatic nitrogens is 3. The van der Waals surface area contributed by atoms with Crippen LogP contribution in [0.5, 0.6) is 0 Å². The molecule has 0 saturated heterocycles. The van der Waals surface area contributed by atoms with Crippen LogP contribution < -0.4 is 16.0 Å². The van der Waals surface area contributed by atoms with Crippen LogP contribution >= 0.6 is 0 Å². The molecule has 0 aliphatic rings. The van der Waals surface area contributed by atoms with E-state index in [4.69, 9.17) is 0 Å². The van der Waals surface area contributed by atoms with Gasteiger partial charge in [-0.05, 0) is 32.0 Å². The molecule has 1 unspecified atom stereocenters. The van der Waals surface area contributed by atoms with E-state index in [1.54, 1.807) is 20.8 Å². The lowest BCUT2D eigenvalue weighted by Gasteiger charge is -2.13. The standard InChI is InChI=1S/C15H19FN6O2/c1-4-13(23)19-10-5-6-11(16)12(7-10)20-15(24)17-8(2)14-18-9(3)21-22-14/h5-8H,4H2,1-3H3,(H,19,23)(H2,17,20,24)(H,18,21,22). The second-order valence-electron chi connectivity index (χ2n) is 5.20. The first-order valence-corrected chi connectivity index (χ1v) is 7.45. The molecule has 1 atom stereocenters. The number of anilines is 2. The van der Waals surface area contributed by atoms with Gasteiger partial charge in [-0.25, -0.2) is 14.2 Å². The summed E-state index contributed by atoms with van der Waals surface area (Å²) >= 11 is 0. The second kappa shape index (κ2) is 7.53. The van der Waals surface area contributed by atoms with Gasteiger partial charge in [0.2, 0.25) is 5.91 Å². The number of carbonyl (C=O) groups excluding carboxylic acids is 2. The molecule has 2 aromatic rings. The molecule has 1 heterocycles. The monoisotopic (exact) mass is 334 g/mol. The van der Waals surface area contributed by atoms with Crippen LogP contribution in [0.15, 0.2) is 18.2 Å². The molecule has 9 heteroatoms. The Morgan fingerprint density at radius 2 is 2.08 bits per heavy atom. The first-order chi connectivity index (χ1) is 11.4. The zero-order valence-corrected chi connectivity index (χ0v) is 13.6. The molecule has 24 heavy (non-hydrogen) atoms. The van der Waals surface area contributed by atoms with E-state index in [2.05, 4.69) is 31.1 Å². The van der Waals surface area contributed by atoms with Crippen molar-refractivity contribution in [3.63, 3.8) is 0 Å². The van der Waals surface area contributed by atoms with Gasteiger partial charge in [0.25, 0.3) is 0 Å². The largest absolute Gasteiger partial charge is 0.328 e. The highest BCUT2D eigenvalue weighted by Crippen LogP contribution is 2.20. The van der Waals surface area contributed by atoms with Crippen molar-refractivity contribution < 1.29 is 14.0 Å². The highest BCUT2D eigenvalue weighted by molar-refractivity contribution is 5.93. The highest BCUT2D eigenvalue weighted by Gasteiger charge is 2.15. The van der Waals surface area contributed by atoms with Gasteiger partial charge in [0, 0.05) is 12.1 Å². The van der Waals surface area contributed by atoms with Crippen molar-refractivity contribution in [1.29, 1.82) is 0 Å². The summed E-state index contributed by atoms with van der Waals surface area (Å²) in [6.45, 7) is 5.16. The van der Waals surface area contributed by atoms with E-state index in [0.29, 0.717) is 23.8 Å². The first-order valence-electron chi connectivity index (χ1n) is 7.45. The number of nitrogens with one attached hydrogen (secondary N) is 4. The van der Waals surface area contributed by atoms with Crippen LogP contribution in [-0.2, 0) is 4.79 Å². The van der Waals surface area contributed by atoms with Crippen molar-refractivity contribution in [2.75, 3.05) is 10.6 Å². The molecule has 8 nitrogen and oxygen atoms in total. The number of urea groups is 1. The number of hydrogen-bond acceptors (Lipinski definition) is 4. The van der Waals surface area contributed by atoms with Gasteiger partial charge in [-0.1, -0.05) is 6.92 Å². The maximum Gasteiger partial charge on any atom is 0.319 e. The maximum absolute atomic E-state index is 13.8. The van der Waals surface area contributed by atoms with Crippen molar-refractivity contribution in [1.82, 2.24) is 20.5 Å². The van der Waals surface area contributed by atoms with E-state index < -0.39 is 17.9 Å². The Labute approximate surface area is 138 Å². The van der Waals surface area contributed by atoms with E-state index in [9.17, 15) is 14.0 Å². The summed E-state index contributed by atoms with van der Waals surface area (Å²) in [5.74, 6) is 0.239. The van der Waals surface area contributed by atoms with Crippen LogP contribution in [0, 0.1) is 12.7 Å². The average Bonchev–Trinajstić information content (AvgIpc) is 2.97. The van der Waals surface area contributed by atoms with E-state index in [-0.39, 0.29) is 11.6 Å². The third-order valence-corrected chi connectivity index (χ3v) is 3.17. The summed E-state index contributed by atoms with van der Waals surface area (Å²) in [5, 5.41) is 14.2. The predicted octanol–water partition coefficient (Wildman–Crippen LogP) is 2.48. The van der Waals surface area contributed by atoms with Crippen molar-refractivity contribution in [3.05, 3.63) is 35.7 Å². The Morgan fingerprint density at radius 1 is 1.33 bits per heavy atom. The predicted molar refractivity (Wildman–Crippen MR) is 87.0 cm³/mol. The number of halogens is 1. The third-order valence-electron chi connectivity index (χ3n) is 3.17. The van der Waals surface area contributed by atoms with Gasteiger partial charge in [0.05, 0.1) is 11.7 Å². The lowest BCUT2D eigenvalue weighted by Crippen LogP contribution is -2.32. The van der Waals surface area contributed by atoms with E-state index in [0.717, 1.165) is 0 Å². The van der Waals surface area contributed by atoms with Gasteiger partial charge >= 0.3 is 6.03 Å². The molecule has 0 aliphatic heterocycles. The number of amides is 3. The summed E-state index contributed by atoms with van der Waals surface area (Å²) in [4.78, 5) is 27.5. The summed E-state index contributed by atoms with van der Waals surface area (Å²) in [6.07, 6.45) is 0.300. The number of hydrogen-bond donors (Lipinski definition) is 4. The topological polar surface area (TPSA) is 112 Å². The zero-order valence-electron chi connectivity index (χ0n) is 13.6. The number of carbonyl (C=O) groups is 2. The van der Waals surface area contributed by atoms with Crippen LogP contribution in [0.3, 0.4) is 0 Å². The third kappa shape index (κ3) is 4.51. The fraction of sp³-hybridized carbons (Fsp3) is 0.333. The molecule has 0 fully saturated rings. The number of aryl methyl sites for hydroxylation is 1. The van der Waals surface area contributed by atoms with Crippen LogP contribution in [0.2, 0.25) is 0 Å². The molecule has 4 N–H and O–H groups in total. The Hall–Kier alpha value is -2.97. The minimum absolute atomic E-state index is 0.0419. The number of aromatic amines is 1. The quantitative estimate of drug-likeness (QED) is 0.673. The van der Waals surface area contributed by atoms with Crippen molar-refractivity contribution in [3.8, 4) is 0 Å². The van der Waals surface area contributed by atoms with E-state index in [1.165, 1.54) is 18.2 Å². The van der Waals surface area contributed by atoms with Gasteiger partial charge in [-0.2, -0.15) is 5.10 Å². The normalized spacial score (nSPS) is 11.7. The smallest absolute Gasteiger partial charge is 0.319 e. The summed E-state index contributed by atoms with van der Waals surface area (Å²) in [7, 11) is 0. The molecule has 3 amide bonds. The molecular weight excluding hydrogens is 315 g/mol. The molecule has 0 radical (unpaired) electrons. The van der Waals surface area contributed by atoms with Gasteiger partial charge in [-0.15, -0.1) is 0 Å². The van der Waals surface area contributed by atoms with Crippen LogP contribution in [0.25, 0.3) is 0 Å². The lowest BCUT2D eigenvalue weighted by atomic mass is 10.2. The molecule has 1 aromatic heterocycles. The molecule has 0 saturated carbocycles. The minimum atomic E-state index is -0.610. The van der Waals surface area contributed by atoms with Crippen molar-refractivity contribution in [2.24, 2.45) is 0 Å². The molecule has 0 bridgehead atoms. The molecule has 0 spiro atoms. The van der Waals surface area contributed by atoms with Gasteiger partial charge in [0.15, 0.2) is 5.82 Å². The van der Waals surface area contributed by atoms with Crippen LogP contribution in [-0.4, -0.2) is 27.1 Å². The number of nitrogens with zero attached hydrogens (tertiary/aromatic N) is 2. The average molecular weight is 334 g/mol. The summed E-state index contributed by atoms with van der Waals surface area (Å²) in [6, 6.07) is 2.88. The first kappa shape index (κ1) is 17.4. The maximum atomic E-state index is 13.8. The number of H-pyrrole nitrogens is 1. The molecule has 0 aliphatic carbocycles. The molecular formula is C15H19FN6O2. The Bertz CT molecular complexity index is 745. The van der Waals surface area contributed by atoms with Gasteiger partial charge in [-0.3, -0.25) is 9.89 Å². The van der Waals surface area contributed by atoms with Crippen LogP contribution in [0.1, 0.15) is 38.0 Å². The zero-order chi connectivity index (χ0) is 17.7. The summed E-state index contributed by atoms with van der Waals surface area (Å²) in [5.41, 5.74) is 0.357. The fourth-order valence-electron chi connectivity index (χ4n) is 1.92. The van der Waals surface area contributed by atoms with Crippen molar-refractivity contribution in [2.45, 2.75) is 33.2 Å². The number of benzene rings is 1. The lowest BCUT2D eigenvalue weighted by molar-refractivity contribution is -0.115. The molecule has 2 rings (SSSR count).